The van der Waals surface area contributed by atoms with E-state index in [2.05, 4.69) is 0 Å². The van der Waals surface area contributed by atoms with Crippen LogP contribution in [-0.2, 0) is 4.79 Å². The predicted octanol–water partition coefficient (Wildman–Crippen LogP) is 3.36. The Morgan fingerprint density at radius 3 is 2.19 bits per heavy atom. The zero-order chi connectivity index (χ0) is 12.1. The number of halogens is 2. The molecule has 0 unspecified atom stereocenters. The fourth-order valence-corrected chi connectivity index (χ4v) is 3.06. The van der Waals surface area contributed by atoms with E-state index >= 15 is 0 Å². The molecule has 16 heavy (non-hydrogen) atoms. The van der Waals surface area contributed by atoms with E-state index in [0.29, 0.717) is 0 Å². The van der Waals surface area contributed by atoms with Crippen molar-refractivity contribution in [3.63, 3.8) is 0 Å². The Kier molecular flexibility index (Phi) is 2.48. The van der Waals surface area contributed by atoms with Gasteiger partial charge in [0.15, 0.2) is 0 Å². The molecule has 86 valence electrons. The van der Waals surface area contributed by atoms with Crippen molar-refractivity contribution in [3.05, 3.63) is 35.4 Å². The van der Waals surface area contributed by atoms with Crippen LogP contribution in [0.5, 0.6) is 0 Å². The van der Waals surface area contributed by atoms with E-state index in [-0.39, 0.29) is 5.92 Å². The molecule has 1 aliphatic rings. The molecule has 2 rings (SSSR count). The van der Waals surface area contributed by atoms with Crippen molar-refractivity contribution in [2.45, 2.75) is 24.1 Å². The molecule has 0 spiro atoms. The van der Waals surface area contributed by atoms with Crippen molar-refractivity contribution in [1.82, 2.24) is 0 Å². The highest BCUT2D eigenvalue weighted by Crippen LogP contribution is 2.73. The number of rotatable bonds is 2. The van der Waals surface area contributed by atoms with Crippen LogP contribution in [0.4, 0.5) is 0 Å². The van der Waals surface area contributed by atoms with Crippen molar-refractivity contribution in [2.24, 2.45) is 5.41 Å². The second-order valence-electron chi connectivity index (χ2n) is 4.47. The summed E-state index contributed by atoms with van der Waals surface area (Å²) in [6, 6.07) is 7.63. The Morgan fingerprint density at radius 2 is 1.81 bits per heavy atom. The van der Waals surface area contributed by atoms with Crippen molar-refractivity contribution in [3.8, 4) is 0 Å². The Bertz CT molecular complexity index is 439. The fraction of sp³-hybridized carbons (Fsp3) is 0.417. The number of alkyl halides is 2. The maximum Gasteiger partial charge on any atom is 0.313 e. The molecule has 0 saturated heterocycles. The van der Waals surface area contributed by atoms with E-state index in [1.54, 1.807) is 6.92 Å². The van der Waals surface area contributed by atoms with Crippen LogP contribution < -0.4 is 0 Å². The first-order chi connectivity index (χ1) is 7.31. The lowest BCUT2D eigenvalue weighted by Crippen LogP contribution is -2.17. The van der Waals surface area contributed by atoms with Gasteiger partial charge in [-0.2, -0.15) is 0 Å². The summed E-state index contributed by atoms with van der Waals surface area (Å²) >= 11 is 12.1. The zero-order valence-corrected chi connectivity index (χ0v) is 10.5. The molecule has 0 aromatic heterocycles. The van der Waals surface area contributed by atoms with Gasteiger partial charge >= 0.3 is 5.97 Å². The maximum absolute atomic E-state index is 11.2. The van der Waals surface area contributed by atoms with Gasteiger partial charge in [-0.1, -0.05) is 53.0 Å². The summed E-state index contributed by atoms with van der Waals surface area (Å²) in [5.41, 5.74) is 0.905. The third-order valence-electron chi connectivity index (χ3n) is 3.40. The Hall–Kier alpha value is -0.730. The molecule has 0 heterocycles. The Labute approximate surface area is 104 Å². The number of aryl methyl sites for hydroxylation is 1. The molecule has 0 amide bonds. The zero-order valence-electron chi connectivity index (χ0n) is 9.00. The number of carbonyl (C=O) groups is 1. The summed E-state index contributed by atoms with van der Waals surface area (Å²) in [7, 11) is 0. The lowest BCUT2D eigenvalue weighted by atomic mass is 10.0. The molecule has 1 aromatic rings. The van der Waals surface area contributed by atoms with Gasteiger partial charge in [0.25, 0.3) is 0 Å². The number of aliphatic carboxylic acids is 1. The number of hydrogen-bond acceptors (Lipinski definition) is 1. The van der Waals surface area contributed by atoms with Crippen LogP contribution >= 0.6 is 23.2 Å². The third-order valence-corrected chi connectivity index (χ3v) is 4.63. The molecule has 2 atom stereocenters. The maximum atomic E-state index is 11.2. The predicted molar refractivity (Wildman–Crippen MR) is 64.1 cm³/mol. The smallest absolute Gasteiger partial charge is 0.313 e. The third kappa shape index (κ3) is 1.36. The molecule has 0 aliphatic heterocycles. The standard InChI is InChI=1S/C12H12Cl2O2/c1-7-3-5-8(6-4-7)9-11(2,10(15)16)12(9,13)14/h3-6,9H,1-2H3,(H,15,16)/t9-,11+/m0/s1. The molecular formula is C12H12Cl2O2. The van der Waals surface area contributed by atoms with E-state index in [9.17, 15) is 4.79 Å². The van der Waals surface area contributed by atoms with Gasteiger partial charge in [-0.15, -0.1) is 0 Å². The Morgan fingerprint density at radius 1 is 1.31 bits per heavy atom. The second kappa shape index (κ2) is 3.38. The highest BCUT2D eigenvalue weighted by molar-refractivity contribution is 6.54. The minimum Gasteiger partial charge on any atom is -0.481 e. The number of carboxylic acids is 1. The molecule has 0 radical (unpaired) electrons. The van der Waals surface area contributed by atoms with Crippen molar-refractivity contribution < 1.29 is 9.90 Å². The lowest BCUT2D eigenvalue weighted by molar-refractivity contribution is -0.142. The number of hydrogen-bond donors (Lipinski definition) is 1. The van der Waals surface area contributed by atoms with E-state index in [0.717, 1.165) is 11.1 Å². The largest absolute Gasteiger partial charge is 0.481 e. The van der Waals surface area contributed by atoms with E-state index in [4.69, 9.17) is 28.3 Å². The minimum absolute atomic E-state index is 0.346. The minimum atomic E-state index is -1.21. The Balaban J connectivity index is 2.38. The first kappa shape index (κ1) is 11.7. The van der Waals surface area contributed by atoms with E-state index < -0.39 is 15.7 Å². The van der Waals surface area contributed by atoms with Crippen LogP contribution in [0.2, 0.25) is 0 Å². The van der Waals surface area contributed by atoms with Gasteiger partial charge in [0.05, 0.1) is 0 Å². The van der Waals surface area contributed by atoms with Crippen molar-refractivity contribution in [2.75, 3.05) is 0 Å². The lowest BCUT2D eigenvalue weighted by Gasteiger charge is -2.04. The SMILES string of the molecule is Cc1ccc([C@@H]2C(Cl)(Cl)[C@@]2(C)C(=O)O)cc1. The molecule has 0 bridgehead atoms. The summed E-state index contributed by atoms with van der Waals surface area (Å²) in [6.45, 7) is 3.56. The van der Waals surface area contributed by atoms with Crippen LogP contribution in [0.1, 0.15) is 24.0 Å². The molecule has 1 N–H and O–H groups in total. The molecule has 1 saturated carbocycles. The van der Waals surface area contributed by atoms with E-state index in [1.165, 1.54) is 0 Å². The summed E-state index contributed by atoms with van der Waals surface area (Å²) < 4.78 is -1.21. The quantitative estimate of drug-likeness (QED) is 0.827. The number of benzene rings is 1. The normalized spacial score (nSPS) is 31.1. The summed E-state index contributed by atoms with van der Waals surface area (Å²) in [6.07, 6.45) is 0. The molecule has 1 aliphatic carbocycles. The summed E-state index contributed by atoms with van der Waals surface area (Å²) in [4.78, 5) is 11.2. The van der Waals surface area contributed by atoms with E-state index in [1.807, 2.05) is 31.2 Å². The van der Waals surface area contributed by atoms with Gasteiger partial charge in [0, 0.05) is 5.92 Å². The van der Waals surface area contributed by atoms with Crippen LogP contribution in [0.3, 0.4) is 0 Å². The molecule has 4 heteroatoms. The van der Waals surface area contributed by atoms with Crippen LogP contribution in [0.15, 0.2) is 24.3 Å². The molecule has 2 nitrogen and oxygen atoms in total. The summed E-state index contributed by atoms with van der Waals surface area (Å²) in [5.74, 6) is -1.30. The summed E-state index contributed by atoms with van der Waals surface area (Å²) in [5, 5.41) is 9.17. The molecular weight excluding hydrogens is 247 g/mol. The van der Waals surface area contributed by atoms with Gasteiger partial charge in [0.2, 0.25) is 0 Å². The van der Waals surface area contributed by atoms with Crippen molar-refractivity contribution in [1.29, 1.82) is 0 Å². The van der Waals surface area contributed by atoms with Gasteiger partial charge in [-0.3, -0.25) is 4.79 Å². The first-order valence-electron chi connectivity index (χ1n) is 4.99. The fourth-order valence-electron chi connectivity index (χ4n) is 2.10. The first-order valence-corrected chi connectivity index (χ1v) is 5.75. The van der Waals surface area contributed by atoms with Crippen molar-refractivity contribution >= 4 is 29.2 Å². The van der Waals surface area contributed by atoms with Gasteiger partial charge < -0.3 is 5.11 Å². The number of carboxylic acid groups (broad SMARTS) is 1. The van der Waals surface area contributed by atoms with Crippen LogP contribution in [-0.4, -0.2) is 15.4 Å². The molecule has 1 aromatic carbocycles. The highest BCUT2D eigenvalue weighted by atomic mass is 35.5. The average Bonchev–Trinajstić information content (AvgIpc) is 2.65. The van der Waals surface area contributed by atoms with Crippen LogP contribution in [0.25, 0.3) is 0 Å². The van der Waals surface area contributed by atoms with Gasteiger partial charge in [-0.25, -0.2) is 0 Å². The average molecular weight is 259 g/mol. The van der Waals surface area contributed by atoms with Gasteiger partial charge in [-0.05, 0) is 19.4 Å². The molecule has 1 fully saturated rings. The van der Waals surface area contributed by atoms with Crippen LogP contribution in [0, 0.1) is 12.3 Å². The van der Waals surface area contributed by atoms with Gasteiger partial charge in [0.1, 0.15) is 9.75 Å². The second-order valence-corrected chi connectivity index (χ2v) is 5.86. The monoisotopic (exact) mass is 258 g/mol. The highest BCUT2D eigenvalue weighted by Gasteiger charge is 2.78. The topological polar surface area (TPSA) is 37.3 Å².